The van der Waals surface area contributed by atoms with Gasteiger partial charge in [0, 0.05) is 12.4 Å². The first-order valence-corrected chi connectivity index (χ1v) is 9.40. The van der Waals surface area contributed by atoms with Crippen molar-refractivity contribution in [3.63, 3.8) is 0 Å². The van der Waals surface area contributed by atoms with Crippen molar-refractivity contribution < 1.29 is 24.5 Å². The predicted octanol–water partition coefficient (Wildman–Crippen LogP) is 3.03. The van der Waals surface area contributed by atoms with Gasteiger partial charge in [-0.15, -0.1) is 0 Å². The highest BCUT2D eigenvalue weighted by Gasteiger charge is 2.28. The molecule has 1 amide bonds. The van der Waals surface area contributed by atoms with Crippen LogP contribution in [0.1, 0.15) is 11.1 Å². The molecule has 1 heterocycles. The van der Waals surface area contributed by atoms with Crippen molar-refractivity contribution in [1.29, 1.82) is 0 Å². The van der Waals surface area contributed by atoms with Gasteiger partial charge in [-0.05, 0) is 34.7 Å². The van der Waals surface area contributed by atoms with Crippen molar-refractivity contribution in [2.24, 2.45) is 0 Å². The largest absolute Gasteiger partial charge is 0.479 e. The molecule has 0 fully saturated rings. The normalized spacial score (nSPS) is 12.6. The van der Waals surface area contributed by atoms with Gasteiger partial charge in [0.25, 0.3) is 0 Å². The number of hydrogen-bond acceptors (Lipinski definition) is 5. The highest BCUT2D eigenvalue weighted by molar-refractivity contribution is 5.75. The average molecular weight is 406 g/mol. The summed E-state index contributed by atoms with van der Waals surface area (Å²) in [4.78, 5) is 27.5. The number of nitrogens with zero attached hydrogens (tertiary/aromatic N) is 1. The van der Waals surface area contributed by atoms with Crippen LogP contribution in [0.2, 0.25) is 0 Å². The van der Waals surface area contributed by atoms with E-state index in [4.69, 9.17) is 4.74 Å². The monoisotopic (exact) mass is 406 g/mol. The number of aliphatic hydroxyl groups excluding tert-OH is 1. The number of carboxylic acid groups (broad SMARTS) is 1. The molecule has 154 valence electrons. The van der Waals surface area contributed by atoms with Crippen molar-refractivity contribution in [1.82, 2.24) is 10.3 Å². The third-order valence-corrected chi connectivity index (χ3v) is 4.55. The first-order chi connectivity index (χ1) is 14.5. The molecule has 1 aromatic heterocycles. The summed E-state index contributed by atoms with van der Waals surface area (Å²) >= 11 is 0. The second-order valence-corrected chi connectivity index (χ2v) is 6.74. The zero-order valence-corrected chi connectivity index (χ0v) is 16.1. The summed E-state index contributed by atoms with van der Waals surface area (Å²) in [6, 6.07) is 19.2. The van der Waals surface area contributed by atoms with E-state index in [-0.39, 0.29) is 13.0 Å². The maximum absolute atomic E-state index is 12.1. The van der Waals surface area contributed by atoms with Crippen LogP contribution in [-0.4, -0.2) is 39.4 Å². The van der Waals surface area contributed by atoms with Crippen molar-refractivity contribution >= 4 is 12.1 Å². The zero-order chi connectivity index (χ0) is 21.3. The third kappa shape index (κ3) is 5.89. The van der Waals surface area contributed by atoms with Crippen molar-refractivity contribution in [3.05, 3.63) is 90.3 Å². The molecule has 0 bridgehead atoms. The van der Waals surface area contributed by atoms with Crippen molar-refractivity contribution in [2.75, 3.05) is 0 Å². The van der Waals surface area contributed by atoms with Crippen LogP contribution in [0.4, 0.5) is 4.79 Å². The van der Waals surface area contributed by atoms with Gasteiger partial charge in [0.15, 0.2) is 6.10 Å². The lowest BCUT2D eigenvalue weighted by Gasteiger charge is -2.21. The van der Waals surface area contributed by atoms with Gasteiger partial charge in [0.1, 0.15) is 6.61 Å². The van der Waals surface area contributed by atoms with Crippen LogP contribution in [0, 0.1) is 0 Å². The van der Waals surface area contributed by atoms with E-state index in [2.05, 4.69) is 10.3 Å². The third-order valence-electron chi connectivity index (χ3n) is 4.55. The lowest BCUT2D eigenvalue weighted by atomic mass is 9.99. The standard InChI is InChI=1S/C23H22N2O5/c26-21(22(27)28)20(25-23(29)30-15-17-5-2-1-3-6-17)13-16-8-10-18(11-9-16)19-7-4-12-24-14-19/h1-12,14,20-21,26H,13,15H2,(H,25,29)(H,27,28). The SMILES string of the molecule is O=C(NC(Cc1ccc(-c2cccnc2)cc1)C(O)C(=O)O)OCc1ccccc1. The Morgan fingerprint density at radius 2 is 1.67 bits per heavy atom. The molecule has 0 aliphatic carbocycles. The van der Waals surface area contributed by atoms with Gasteiger partial charge >= 0.3 is 12.1 Å². The molecule has 2 unspecified atom stereocenters. The summed E-state index contributed by atoms with van der Waals surface area (Å²) in [6.07, 6.45) is 0.999. The second-order valence-electron chi connectivity index (χ2n) is 6.74. The number of aromatic nitrogens is 1. The first kappa shape index (κ1) is 21.0. The van der Waals surface area contributed by atoms with Gasteiger partial charge in [-0.3, -0.25) is 4.98 Å². The van der Waals surface area contributed by atoms with E-state index < -0.39 is 24.2 Å². The number of pyridine rings is 1. The highest BCUT2D eigenvalue weighted by atomic mass is 16.5. The van der Waals surface area contributed by atoms with Gasteiger partial charge in [-0.25, -0.2) is 9.59 Å². The topological polar surface area (TPSA) is 109 Å². The lowest BCUT2D eigenvalue weighted by molar-refractivity contribution is -0.148. The highest BCUT2D eigenvalue weighted by Crippen LogP contribution is 2.19. The van der Waals surface area contributed by atoms with E-state index in [1.165, 1.54) is 0 Å². The second kappa shape index (κ2) is 10.2. The number of nitrogens with one attached hydrogen (secondary N) is 1. The summed E-state index contributed by atoms with van der Waals surface area (Å²) in [6.45, 7) is 0.0440. The minimum Gasteiger partial charge on any atom is -0.479 e. The van der Waals surface area contributed by atoms with E-state index in [1.807, 2.05) is 54.6 Å². The van der Waals surface area contributed by atoms with Gasteiger partial charge in [-0.1, -0.05) is 60.7 Å². The molecule has 0 radical (unpaired) electrons. The molecular weight excluding hydrogens is 384 g/mol. The van der Waals surface area contributed by atoms with Gasteiger partial charge in [0.2, 0.25) is 0 Å². The number of carbonyl (C=O) groups excluding carboxylic acids is 1. The Bertz CT molecular complexity index is 962. The molecule has 3 rings (SSSR count). The summed E-state index contributed by atoms with van der Waals surface area (Å²) in [5.41, 5.74) is 3.47. The molecule has 3 aromatic rings. The number of carbonyl (C=O) groups is 2. The molecule has 0 saturated heterocycles. The minimum atomic E-state index is -1.77. The van der Waals surface area contributed by atoms with Crippen LogP contribution in [0.5, 0.6) is 0 Å². The number of rotatable bonds is 8. The average Bonchev–Trinajstić information content (AvgIpc) is 2.78. The van der Waals surface area contributed by atoms with Crippen LogP contribution >= 0.6 is 0 Å². The molecule has 3 N–H and O–H groups in total. The fourth-order valence-electron chi connectivity index (χ4n) is 2.95. The fourth-order valence-corrected chi connectivity index (χ4v) is 2.95. The Kier molecular flexibility index (Phi) is 7.13. The van der Waals surface area contributed by atoms with Crippen LogP contribution in [0.25, 0.3) is 11.1 Å². The van der Waals surface area contributed by atoms with E-state index in [1.54, 1.807) is 24.5 Å². The van der Waals surface area contributed by atoms with E-state index in [9.17, 15) is 19.8 Å². The molecule has 0 saturated carbocycles. The number of aliphatic carboxylic acids is 1. The summed E-state index contributed by atoms with van der Waals surface area (Å²) in [5.74, 6) is -1.42. The maximum atomic E-state index is 12.1. The maximum Gasteiger partial charge on any atom is 0.407 e. The van der Waals surface area contributed by atoms with E-state index in [0.717, 1.165) is 22.3 Å². The van der Waals surface area contributed by atoms with Gasteiger partial charge in [-0.2, -0.15) is 0 Å². The number of alkyl carbamates (subject to hydrolysis) is 1. The Hall–Kier alpha value is -3.71. The number of carboxylic acids is 1. The smallest absolute Gasteiger partial charge is 0.407 e. The number of amides is 1. The van der Waals surface area contributed by atoms with Crippen LogP contribution < -0.4 is 5.32 Å². The molecular formula is C23H22N2O5. The minimum absolute atomic E-state index is 0.0440. The molecule has 0 aliphatic heterocycles. The summed E-state index contributed by atoms with van der Waals surface area (Å²) in [7, 11) is 0. The molecule has 7 nitrogen and oxygen atoms in total. The van der Waals surface area contributed by atoms with Gasteiger partial charge in [0.05, 0.1) is 6.04 Å². The molecule has 7 heteroatoms. The zero-order valence-electron chi connectivity index (χ0n) is 16.1. The molecule has 0 spiro atoms. The number of hydrogen-bond donors (Lipinski definition) is 3. The van der Waals surface area contributed by atoms with Gasteiger partial charge < -0.3 is 20.3 Å². The number of ether oxygens (including phenoxy) is 1. The molecule has 30 heavy (non-hydrogen) atoms. The summed E-state index contributed by atoms with van der Waals surface area (Å²) in [5, 5.41) is 21.7. The molecule has 2 atom stereocenters. The van der Waals surface area contributed by atoms with E-state index >= 15 is 0 Å². The molecule has 0 aliphatic rings. The lowest BCUT2D eigenvalue weighted by Crippen LogP contribution is -2.48. The number of benzene rings is 2. The Morgan fingerprint density at radius 3 is 2.30 bits per heavy atom. The van der Waals surface area contributed by atoms with Crippen LogP contribution in [-0.2, 0) is 22.6 Å². The summed E-state index contributed by atoms with van der Waals surface area (Å²) < 4.78 is 5.14. The van der Waals surface area contributed by atoms with Crippen molar-refractivity contribution in [2.45, 2.75) is 25.2 Å². The molecule has 2 aromatic carbocycles. The van der Waals surface area contributed by atoms with Crippen molar-refractivity contribution in [3.8, 4) is 11.1 Å². The Labute approximate surface area is 174 Å². The number of aliphatic hydroxyl groups is 1. The quantitative estimate of drug-likeness (QED) is 0.531. The van der Waals surface area contributed by atoms with Crippen LogP contribution in [0.3, 0.4) is 0 Å². The first-order valence-electron chi connectivity index (χ1n) is 9.40. The van der Waals surface area contributed by atoms with E-state index in [0.29, 0.717) is 0 Å². The predicted molar refractivity (Wildman–Crippen MR) is 111 cm³/mol. The fraction of sp³-hybridized carbons (Fsp3) is 0.174. The Balaban J connectivity index is 1.64. The van der Waals surface area contributed by atoms with Crippen LogP contribution in [0.15, 0.2) is 79.1 Å². The Morgan fingerprint density at radius 1 is 0.933 bits per heavy atom.